The third-order valence-electron chi connectivity index (χ3n) is 2.53. The number of benzene rings is 1. The highest BCUT2D eigenvalue weighted by atomic mass is 32.2. The normalized spacial score (nSPS) is 12.4. The first-order chi connectivity index (χ1) is 8.63. The van der Waals surface area contributed by atoms with Crippen LogP contribution in [0, 0.1) is 0 Å². The zero-order valence-electron chi connectivity index (χ0n) is 10.5. The van der Waals surface area contributed by atoms with Gasteiger partial charge in [-0.25, -0.2) is 9.67 Å². The van der Waals surface area contributed by atoms with E-state index in [0.29, 0.717) is 5.75 Å². The molecule has 0 saturated heterocycles. The molecule has 0 fully saturated rings. The molecule has 0 aliphatic carbocycles. The van der Waals surface area contributed by atoms with Crippen molar-refractivity contribution in [2.24, 2.45) is 7.05 Å². The molecule has 2 rings (SSSR count). The molecule has 0 aliphatic rings. The number of hydrogen-bond acceptors (Lipinski definition) is 5. The molecule has 1 N–H and O–H groups in total. The van der Waals surface area contributed by atoms with Gasteiger partial charge >= 0.3 is 0 Å². The van der Waals surface area contributed by atoms with Gasteiger partial charge in [0.05, 0.1) is 13.2 Å². The van der Waals surface area contributed by atoms with E-state index in [4.69, 9.17) is 4.74 Å². The lowest BCUT2D eigenvalue weighted by Crippen LogP contribution is -2.00. The Labute approximate surface area is 110 Å². The number of hydrogen-bond donors (Lipinski definition) is 1. The minimum absolute atomic E-state index is 0.600. The van der Waals surface area contributed by atoms with Gasteiger partial charge in [0.25, 0.3) is 0 Å². The third kappa shape index (κ3) is 2.49. The molecule has 96 valence electrons. The molecule has 18 heavy (non-hydrogen) atoms. The molecule has 0 radical (unpaired) electrons. The van der Waals surface area contributed by atoms with E-state index < -0.39 is 6.10 Å². The van der Waals surface area contributed by atoms with Crippen LogP contribution in [0.5, 0.6) is 5.75 Å². The summed E-state index contributed by atoms with van der Waals surface area (Å²) in [7, 11) is 3.43. The molecule has 1 atom stereocenters. The second-order valence-electron chi connectivity index (χ2n) is 3.82. The summed E-state index contributed by atoms with van der Waals surface area (Å²) in [5, 5.41) is 14.7. The van der Waals surface area contributed by atoms with Crippen LogP contribution < -0.4 is 4.74 Å². The summed E-state index contributed by atoms with van der Waals surface area (Å²) >= 11 is 1.45. The molecule has 1 aromatic heterocycles. The second kappa shape index (κ2) is 5.41. The van der Waals surface area contributed by atoms with E-state index in [1.54, 1.807) is 18.7 Å². The lowest BCUT2D eigenvalue weighted by atomic mass is 10.1. The minimum Gasteiger partial charge on any atom is -0.496 e. The SMILES string of the molecule is COc1cccc(Sc2ncnn2C)c1[C@@H](C)O. The number of methoxy groups -OCH3 is 1. The van der Waals surface area contributed by atoms with Crippen molar-refractivity contribution in [3.05, 3.63) is 30.1 Å². The Balaban J connectivity index is 2.41. The highest BCUT2D eigenvalue weighted by Crippen LogP contribution is 2.37. The van der Waals surface area contributed by atoms with E-state index in [9.17, 15) is 5.11 Å². The van der Waals surface area contributed by atoms with E-state index in [1.807, 2.05) is 25.2 Å². The largest absolute Gasteiger partial charge is 0.496 e. The maximum atomic E-state index is 9.88. The molecule has 2 aromatic rings. The summed E-state index contributed by atoms with van der Waals surface area (Å²) in [4.78, 5) is 5.08. The van der Waals surface area contributed by atoms with Gasteiger partial charge in [0.2, 0.25) is 0 Å². The van der Waals surface area contributed by atoms with Gasteiger partial charge in [-0.1, -0.05) is 6.07 Å². The Morgan fingerprint density at radius 2 is 2.22 bits per heavy atom. The van der Waals surface area contributed by atoms with E-state index in [-0.39, 0.29) is 0 Å². The number of aliphatic hydroxyl groups is 1. The number of aliphatic hydroxyl groups excluding tert-OH is 1. The van der Waals surface area contributed by atoms with Crippen LogP contribution in [0.2, 0.25) is 0 Å². The standard InChI is InChI=1S/C12H15N3O2S/c1-8(16)11-9(17-3)5-4-6-10(11)18-12-13-7-14-15(12)2/h4-8,16H,1-3H3/t8-/m1/s1. The zero-order chi connectivity index (χ0) is 13.1. The topological polar surface area (TPSA) is 60.2 Å². The van der Waals surface area contributed by atoms with Gasteiger partial charge in [-0.15, -0.1) is 0 Å². The molecule has 6 heteroatoms. The molecule has 0 unspecified atom stereocenters. The number of aromatic nitrogens is 3. The van der Waals surface area contributed by atoms with Gasteiger partial charge in [0.1, 0.15) is 12.1 Å². The van der Waals surface area contributed by atoms with Gasteiger partial charge in [0.15, 0.2) is 5.16 Å². The Morgan fingerprint density at radius 1 is 1.44 bits per heavy atom. The molecule has 5 nitrogen and oxygen atoms in total. The minimum atomic E-state index is -0.600. The second-order valence-corrected chi connectivity index (χ2v) is 4.83. The Bertz CT molecular complexity index is 540. The molecule has 0 spiro atoms. The maximum Gasteiger partial charge on any atom is 0.190 e. The Morgan fingerprint density at radius 3 is 2.78 bits per heavy atom. The van der Waals surface area contributed by atoms with Crippen molar-refractivity contribution in [2.75, 3.05) is 7.11 Å². The lowest BCUT2D eigenvalue weighted by molar-refractivity contribution is 0.191. The first-order valence-corrected chi connectivity index (χ1v) is 6.32. The first kappa shape index (κ1) is 12.9. The summed E-state index contributed by atoms with van der Waals surface area (Å²) in [6.07, 6.45) is 0.904. The van der Waals surface area contributed by atoms with Crippen molar-refractivity contribution in [3.8, 4) is 5.75 Å². The van der Waals surface area contributed by atoms with E-state index >= 15 is 0 Å². The average molecular weight is 265 g/mol. The molecule has 0 amide bonds. The molecule has 0 saturated carbocycles. The van der Waals surface area contributed by atoms with Crippen LogP contribution in [-0.4, -0.2) is 27.0 Å². The number of ether oxygens (including phenoxy) is 1. The van der Waals surface area contributed by atoms with Crippen LogP contribution in [0.15, 0.2) is 34.6 Å². The monoisotopic (exact) mass is 265 g/mol. The van der Waals surface area contributed by atoms with E-state index in [0.717, 1.165) is 15.6 Å². The fourth-order valence-electron chi connectivity index (χ4n) is 1.68. The fourth-order valence-corrected chi connectivity index (χ4v) is 2.68. The average Bonchev–Trinajstić information content (AvgIpc) is 2.74. The predicted octanol–water partition coefficient (Wildman–Crippen LogP) is 2.03. The number of aryl methyl sites for hydroxylation is 1. The summed E-state index contributed by atoms with van der Waals surface area (Å²) in [5.41, 5.74) is 0.771. The van der Waals surface area contributed by atoms with E-state index in [1.165, 1.54) is 18.1 Å². The van der Waals surface area contributed by atoms with Gasteiger partial charge in [-0.2, -0.15) is 5.10 Å². The van der Waals surface area contributed by atoms with Crippen LogP contribution in [-0.2, 0) is 7.05 Å². The molecule has 1 heterocycles. The molecule has 1 aromatic carbocycles. The van der Waals surface area contributed by atoms with Crippen molar-refractivity contribution in [1.29, 1.82) is 0 Å². The Hall–Kier alpha value is -1.53. The van der Waals surface area contributed by atoms with Crippen LogP contribution in [0.4, 0.5) is 0 Å². The lowest BCUT2D eigenvalue weighted by Gasteiger charge is -2.15. The summed E-state index contributed by atoms with van der Waals surface area (Å²) in [6.45, 7) is 1.72. The Kier molecular flexibility index (Phi) is 3.88. The molecule has 0 aliphatic heterocycles. The summed E-state index contributed by atoms with van der Waals surface area (Å²) in [6, 6.07) is 5.66. The van der Waals surface area contributed by atoms with Gasteiger partial charge in [-0.05, 0) is 30.8 Å². The van der Waals surface area contributed by atoms with Gasteiger partial charge in [0, 0.05) is 17.5 Å². The predicted molar refractivity (Wildman–Crippen MR) is 68.8 cm³/mol. The van der Waals surface area contributed by atoms with Crippen molar-refractivity contribution >= 4 is 11.8 Å². The number of rotatable bonds is 4. The van der Waals surface area contributed by atoms with Crippen LogP contribution in [0.1, 0.15) is 18.6 Å². The summed E-state index contributed by atoms with van der Waals surface area (Å²) in [5.74, 6) is 0.678. The maximum absolute atomic E-state index is 9.88. The van der Waals surface area contributed by atoms with Crippen molar-refractivity contribution < 1.29 is 9.84 Å². The fraction of sp³-hybridized carbons (Fsp3) is 0.333. The molecule has 0 bridgehead atoms. The highest BCUT2D eigenvalue weighted by molar-refractivity contribution is 7.99. The first-order valence-electron chi connectivity index (χ1n) is 5.50. The molecular weight excluding hydrogens is 250 g/mol. The van der Waals surface area contributed by atoms with Gasteiger partial charge in [-0.3, -0.25) is 0 Å². The quantitative estimate of drug-likeness (QED) is 0.916. The highest BCUT2D eigenvalue weighted by Gasteiger charge is 2.16. The number of nitrogens with zero attached hydrogens (tertiary/aromatic N) is 3. The third-order valence-corrected chi connectivity index (χ3v) is 3.66. The van der Waals surface area contributed by atoms with Crippen molar-refractivity contribution in [1.82, 2.24) is 14.8 Å². The van der Waals surface area contributed by atoms with Crippen molar-refractivity contribution in [3.63, 3.8) is 0 Å². The summed E-state index contributed by atoms with van der Waals surface area (Å²) < 4.78 is 6.97. The van der Waals surface area contributed by atoms with Gasteiger partial charge < -0.3 is 9.84 Å². The smallest absolute Gasteiger partial charge is 0.190 e. The zero-order valence-corrected chi connectivity index (χ0v) is 11.3. The van der Waals surface area contributed by atoms with E-state index in [2.05, 4.69) is 10.1 Å². The molecular formula is C12H15N3O2S. The van der Waals surface area contributed by atoms with Crippen molar-refractivity contribution in [2.45, 2.75) is 23.1 Å². The van der Waals surface area contributed by atoms with Crippen LogP contribution in [0.25, 0.3) is 0 Å². The van der Waals surface area contributed by atoms with Crippen LogP contribution >= 0.6 is 11.8 Å². The van der Waals surface area contributed by atoms with Crippen LogP contribution in [0.3, 0.4) is 0 Å².